The van der Waals surface area contributed by atoms with Crippen LogP contribution in [0.15, 0.2) is 18.2 Å². The second-order valence-corrected chi connectivity index (χ2v) is 6.25. The highest BCUT2D eigenvalue weighted by atomic mass is 35.5. The zero-order valence-electron chi connectivity index (χ0n) is 11.7. The number of ether oxygens (including phenoxy) is 1. The minimum Gasteiger partial charge on any atom is -0.375 e. The summed E-state index contributed by atoms with van der Waals surface area (Å²) in [6.07, 6.45) is 4.81. The molecule has 2 nitrogen and oxygen atoms in total. The van der Waals surface area contributed by atoms with Crippen LogP contribution in [0.25, 0.3) is 0 Å². The molecule has 0 radical (unpaired) electrons. The van der Waals surface area contributed by atoms with Crippen molar-refractivity contribution >= 4 is 11.6 Å². The van der Waals surface area contributed by atoms with Gasteiger partial charge in [0.05, 0.1) is 12.2 Å². The molecule has 4 unspecified atom stereocenters. The maximum absolute atomic E-state index is 14.0. The summed E-state index contributed by atoms with van der Waals surface area (Å²) in [5, 5.41) is 4.03. The largest absolute Gasteiger partial charge is 0.375 e. The summed E-state index contributed by atoms with van der Waals surface area (Å²) < 4.78 is 19.9. The van der Waals surface area contributed by atoms with Gasteiger partial charge in [-0.3, -0.25) is 0 Å². The number of fused-ring (bicyclic) bond motifs is 2. The van der Waals surface area contributed by atoms with Crippen LogP contribution in [-0.2, 0) is 11.2 Å². The molecule has 0 amide bonds. The van der Waals surface area contributed by atoms with Gasteiger partial charge in [-0.2, -0.15) is 0 Å². The van der Waals surface area contributed by atoms with E-state index in [1.807, 2.05) is 0 Å². The van der Waals surface area contributed by atoms with E-state index in [4.69, 9.17) is 16.3 Å². The molecule has 2 heterocycles. The second-order valence-electron chi connectivity index (χ2n) is 5.84. The molecule has 2 saturated heterocycles. The van der Waals surface area contributed by atoms with E-state index in [2.05, 4.69) is 12.2 Å². The first-order valence-electron chi connectivity index (χ1n) is 7.50. The van der Waals surface area contributed by atoms with Gasteiger partial charge >= 0.3 is 0 Å². The summed E-state index contributed by atoms with van der Waals surface area (Å²) in [7, 11) is 0. The SMILES string of the molecule is CCNC(Cc1c(F)cccc1Cl)C1CC2CCC1O2. The summed E-state index contributed by atoms with van der Waals surface area (Å²) in [6, 6.07) is 5.15. The maximum atomic E-state index is 14.0. The lowest BCUT2D eigenvalue weighted by Crippen LogP contribution is -2.42. The van der Waals surface area contributed by atoms with Gasteiger partial charge in [0.15, 0.2) is 0 Å². The van der Waals surface area contributed by atoms with Crippen LogP contribution in [0.3, 0.4) is 0 Å². The molecule has 0 spiro atoms. The zero-order chi connectivity index (χ0) is 14.1. The van der Waals surface area contributed by atoms with Gasteiger partial charge in [-0.15, -0.1) is 0 Å². The first kappa shape index (κ1) is 14.3. The van der Waals surface area contributed by atoms with Gasteiger partial charge < -0.3 is 10.1 Å². The minimum atomic E-state index is -0.204. The third-order valence-electron chi connectivity index (χ3n) is 4.62. The molecule has 4 atom stereocenters. The Morgan fingerprint density at radius 3 is 2.90 bits per heavy atom. The molecule has 3 rings (SSSR count). The molecular weight excluding hydrogens is 277 g/mol. The first-order valence-corrected chi connectivity index (χ1v) is 7.88. The van der Waals surface area contributed by atoms with E-state index < -0.39 is 0 Å². The van der Waals surface area contributed by atoms with E-state index in [9.17, 15) is 4.39 Å². The average Bonchev–Trinajstić information content (AvgIpc) is 3.04. The molecule has 110 valence electrons. The van der Waals surface area contributed by atoms with Crippen molar-refractivity contribution < 1.29 is 9.13 Å². The first-order chi connectivity index (χ1) is 9.69. The molecule has 0 aliphatic carbocycles. The van der Waals surface area contributed by atoms with Crippen LogP contribution in [0.5, 0.6) is 0 Å². The van der Waals surface area contributed by atoms with Crippen LogP contribution in [0.2, 0.25) is 5.02 Å². The van der Waals surface area contributed by atoms with E-state index in [0.717, 1.165) is 19.4 Å². The normalized spacial score (nSPS) is 29.9. The monoisotopic (exact) mass is 297 g/mol. The molecule has 4 heteroatoms. The Bertz CT molecular complexity index is 461. The smallest absolute Gasteiger partial charge is 0.127 e. The molecule has 0 saturated carbocycles. The van der Waals surface area contributed by atoms with Crippen LogP contribution in [-0.4, -0.2) is 24.8 Å². The van der Waals surface area contributed by atoms with Crippen molar-refractivity contribution in [1.82, 2.24) is 5.32 Å². The molecule has 1 aromatic carbocycles. The Morgan fingerprint density at radius 1 is 1.45 bits per heavy atom. The number of likely N-dealkylation sites (N-methyl/N-ethyl adjacent to an activating group) is 1. The molecular formula is C16H21ClFNO. The maximum Gasteiger partial charge on any atom is 0.127 e. The van der Waals surface area contributed by atoms with Gasteiger partial charge in [0.25, 0.3) is 0 Å². The Hall–Kier alpha value is -0.640. The van der Waals surface area contributed by atoms with E-state index in [0.29, 0.717) is 35.1 Å². The van der Waals surface area contributed by atoms with E-state index >= 15 is 0 Å². The van der Waals surface area contributed by atoms with E-state index in [1.54, 1.807) is 12.1 Å². The van der Waals surface area contributed by atoms with Crippen LogP contribution in [0, 0.1) is 11.7 Å². The predicted octanol–water partition coefficient (Wildman–Crippen LogP) is 3.57. The minimum absolute atomic E-state index is 0.204. The van der Waals surface area contributed by atoms with E-state index in [1.165, 1.54) is 12.5 Å². The van der Waals surface area contributed by atoms with Gasteiger partial charge in [-0.25, -0.2) is 4.39 Å². The Labute approximate surface area is 124 Å². The summed E-state index contributed by atoms with van der Waals surface area (Å²) in [4.78, 5) is 0. The Kier molecular flexibility index (Phi) is 4.29. The van der Waals surface area contributed by atoms with Crippen LogP contribution >= 0.6 is 11.6 Å². The van der Waals surface area contributed by atoms with Gasteiger partial charge in [0.1, 0.15) is 5.82 Å². The fourth-order valence-corrected chi connectivity index (χ4v) is 3.93. The lowest BCUT2D eigenvalue weighted by atomic mass is 9.81. The van der Waals surface area contributed by atoms with Crippen LogP contribution < -0.4 is 5.32 Å². The lowest BCUT2D eigenvalue weighted by Gasteiger charge is -2.29. The average molecular weight is 298 g/mol. The Morgan fingerprint density at radius 2 is 2.30 bits per heavy atom. The predicted molar refractivity (Wildman–Crippen MR) is 78.6 cm³/mol. The van der Waals surface area contributed by atoms with Gasteiger partial charge in [-0.1, -0.05) is 24.6 Å². The molecule has 1 N–H and O–H groups in total. The summed E-state index contributed by atoms with van der Waals surface area (Å²) >= 11 is 6.16. The van der Waals surface area contributed by atoms with Crippen molar-refractivity contribution in [2.75, 3.05) is 6.54 Å². The molecule has 2 bridgehead atoms. The van der Waals surface area contributed by atoms with Crippen molar-refractivity contribution in [2.24, 2.45) is 5.92 Å². The number of benzene rings is 1. The van der Waals surface area contributed by atoms with Gasteiger partial charge in [0, 0.05) is 22.5 Å². The van der Waals surface area contributed by atoms with Crippen LogP contribution in [0.1, 0.15) is 31.7 Å². The second kappa shape index (κ2) is 6.00. The van der Waals surface area contributed by atoms with Crippen molar-refractivity contribution in [3.8, 4) is 0 Å². The van der Waals surface area contributed by atoms with Crippen molar-refractivity contribution in [3.05, 3.63) is 34.6 Å². The molecule has 2 fully saturated rings. The fraction of sp³-hybridized carbons (Fsp3) is 0.625. The van der Waals surface area contributed by atoms with Gasteiger partial charge in [-0.05, 0) is 44.4 Å². The number of rotatable bonds is 5. The highest BCUT2D eigenvalue weighted by Gasteiger charge is 2.44. The van der Waals surface area contributed by atoms with Crippen molar-refractivity contribution in [3.63, 3.8) is 0 Å². The number of hydrogen-bond donors (Lipinski definition) is 1. The van der Waals surface area contributed by atoms with E-state index in [-0.39, 0.29) is 11.9 Å². The standard InChI is InChI=1S/C16H21ClFNO/c1-2-19-15(12-8-10-6-7-16(12)20-10)9-11-13(17)4-3-5-14(11)18/h3-5,10,12,15-16,19H,2,6-9H2,1H3. The molecule has 2 aliphatic rings. The summed E-state index contributed by atoms with van der Waals surface area (Å²) in [5.41, 5.74) is 0.628. The molecule has 1 aromatic rings. The fourth-order valence-electron chi connectivity index (χ4n) is 3.68. The quantitative estimate of drug-likeness (QED) is 0.897. The third-order valence-corrected chi connectivity index (χ3v) is 4.98. The molecule has 20 heavy (non-hydrogen) atoms. The van der Waals surface area contributed by atoms with Crippen LogP contribution in [0.4, 0.5) is 4.39 Å². The Balaban J connectivity index is 1.77. The van der Waals surface area contributed by atoms with Crippen molar-refractivity contribution in [2.45, 2.75) is 50.9 Å². The third kappa shape index (κ3) is 2.72. The zero-order valence-corrected chi connectivity index (χ0v) is 12.5. The van der Waals surface area contributed by atoms with Gasteiger partial charge in [0.2, 0.25) is 0 Å². The summed E-state index contributed by atoms with van der Waals surface area (Å²) in [6.45, 7) is 2.97. The molecule has 0 aromatic heterocycles. The topological polar surface area (TPSA) is 21.3 Å². The number of halogens is 2. The summed E-state index contributed by atoms with van der Waals surface area (Å²) in [5.74, 6) is 0.272. The number of nitrogens with one attached hydrogen (secondary N) is 1. The number of hydrogen-bond acceptors (Lipinski definition) is 2. The highest BCUT2D eigenvalue weighted by Crippen LogP contribution is 2.41. The lowest BCUT2D eigenvalue weighted by molar-refractivity contribution is 0.0858. The highest BCUT2D eigenvalue weighted by molar-refractivity contribution is 6.31. The van der Waals surface area contributed by atoms with Crippen molar-refractivity contribution in [1.29, 1.82) is 0 Å². The molecule has 2 aliphatic heterocycles.